The van der Waals surface area contributed by atoms with Crippen molar-refractivity contribution in [2.75, 3.05) is 27.8 Å². The zero-order valence-corrected chi connectivity index (χ0v) is 11.9. The van der Waals surface area contributed by atoms with Crippen LogP contribution in [0.4, 0.5) is 0 Å². The molecule has 0 bridgehead atoms. The number of hydrogen-bond donors (Lipinski definition) is 2. The Labute approximate surface area is 109 Å². The molecule has 2 unspecified atom stereocenters. The van der Waals surface area contributed by atoms with Crippen molar-refractivity contribution in [1.82, 2.24) is 5.32 Å². The minimum atomic E-state index is 0.176. The summed E-state index contributed by atoms with van der Waals surface area (Å²) in [5.41, 5.74) is 7.90. The molecule has 0 aliphatic heterocycles. The molecule has 0 aliphatic carbocycles. The molecule has 0 fully saturated rings. The van der Waals surface area contributed by atoms with Crippen molar-refractivity contribution in [1.29, 1.82) is 0 Å². The fourth-order valence-electron chi connectivity index (χ4n) is 2.31. The number of nitrogens with two attached hydrogens (primary N) is 1. The molecule has 0 radical (unpaired) electrons. The van der Waals surface area contributed by atoms with Crippen LogP contribution in [-0.2, 0) is 0 Å². The van der Waals surface area contributed by atoms with Gasteiger partial charge in [-0.3, -0.25) is 0 Å². The van der Waals surface area contributed by atoms with Gasteiger partial charge in [0.2, 0.25) is 0 Å². The number of ether oxygens (including phenoxy) is 2. The summed E-state index contributed by atoms with van der Waals surface area (Å²) < 4.78 is 10.9. The van der Waals surface area contributed by atoms with Crippen LogP contribution in [0.2, 0.25) is 0 Å². The van der Waals surface area contributed by atoms with Crippen LogP contribution in [0.5, 0.6) is 11.5 Å². The summed E-state index contributed by atoms with van der Waals surface area (Å²) in [6, 6.07) is 4.19. The normalized spacial score (nSPS) is 14.1. The average molecular weight is 252 g/mol. The monoisotopic (exact) mass is 252 g/mol. The van der Waals surface area contributed by atoms with Crippen molar-refractivity contribution in [2.45, 2.75) is 19.9 Å². The summed E-state index contributed by atoms with van der Waals surface area (Å²) in [5, 5.41) is 3.31. The van der Waals surface area contributed by atoms with E-state index in [9.17, 15) is 0 Å². The fraction of sp³-hybridized carbons (Fsp3) is 0.571. The van der Waals surface area contributed by atoms with Gasteiger partial charge in [-0.05, 0) is 32.5 Å². The van der Waals surface area contributed by atoms with Crippen LogP contribution in [0.3, 0.4) is 0 Å². The highest BCUT2D eigenvalue weighted by Gasteiger charge is 2.22. The van der Waals surface area contributed by atoms with Gasteiger partial charge in [0.05, 0.1) is 14.2 Å². The first-order chi connectivity index (χ1) is 8.60. The first-order valence-corrected chi connectivity index (χ1v) is 6.19. The van der Waals surface area contributed by atoms with Gasteiger partial charge in [-0.15, -0.1) is 0 Å². The molecule has 1 aromatic rings. The van der Waals surface area contributed by atoms with Crippen molar-refractivity contribution in [2.24, 2.45) is 11.7 Å². The molecule has 0 amide bonds. The molecule has 1 aromatic carbocycles. The SMILES string of the molecule is CNC(c1ccc(OC)c(C)c1OC)C(C)CN. The summed E-state index contributed by atoms with van der Waals surface area (Å²) in [6.07, 6.45) is 0. The lowest BCUT2D eigenvalue weighted by Gasteiger charge is -2.26. The largest absolute Gasteiger partial charge is 0.496 e. The molecule has 0 saturated carbocycles. The molecule has 0 saturated heterocycles. The second-order valence-electron chi connectivity index (χ2n) is 4.49. The van der Waals surface area contributed by atoms with E-state index in [-0.39, 0.29) is 6.04 Å². The second-order valence-corrected chi connectivity index (χ2v) is 4.49. The van der Waals surface area contributed by atoms with Gasteiger partial charge < -0.3 is 20.5 Å². The maximum atomic E-state index is 5.77. The van der Waals surface area contributed by atoms with Gasteiger partial charge in [-0.1, -0.05) is 13.0 Å². The quantitative estimate of drug-likeness (QED) is 0.811. The zero-order valence-electron chi connectivity index (χ0n) is 11.9. The molecule has 0 heterocycles. The molecule has 102 valence electrons. The number of rotatable bonds is 6. The van der Waals surface area contributed by atoms with E-state index < -0.39 is 0 Å². The number of methoxy groups -OCH3 is 2. The van der Waals surface area contributed by atoms with Gasteiger partial charge in [0.15, 0.2) is 0 Å². The minimum Gasteiger partial charge on any atom is -0.496 e. The van der Waals surface area contributed by atoms with Crippen LogP contribution < -0.4 is 20.5 Å². The first-order valence-electron chi connectivity index (χ1n) is 6.19. The Morgan fingerprint density at radius 1 is 1.28 bits per heavy atom. The Bertz CT molecular complexity index is 394. The Morgan fingerprint density at radius 2 is 1.94 bits per heavy atom. The maximum absolute atomic E-state index is 5.77. The highest BCUT2D eigenvalue weighted by Crippen LogP contribution is 2.36. The van der Waals surface area contributed by atoms with Gasteiger partial charge in [0.25, 0.3) is 0 Å². The summed E-state index contributed by atoms with van der Waals surface area (Å²) in [4.78, 5) is 0. The van der Waals surface area contributed by atoms with E-state index in [1.54, 1.807) is 14.2 Å². The molecule has 3 N–H and O–H groups in total. The van der Waals surface area contributed by atoms with Crippen LogP contribution in [0.25, 0.3) is 0 Å². The lowest BCUT2D eigenvalue weighted by Crippen LogP contribution is -2.29. The summed E-state index contributed by atoms with van der Waals surface area (Å²) >= 11 is 0. The van der Waals surface area contributed by atoms with Crippen LogP contribution in [-0.4, -0.2) is 27.8 Å². The third kappa shape index (κ3) is 2.76. The number of nitrogens with one attached hydrogen (secondary N) is 1. The number of hydrogen-bond acceptors (Lipinski definition) is 4. The predicted molar refractivity (Wildman–Crippen MR) is 74.3 cm³/mol. The smallest absolute Gasteiger partial charge is 0.130 e. The van der Waals surface area contributed by atoms with Gasteiger partial charge in [0.1, 0.15) is 11.5 Å². The lowest BCUT2D eigenvalue weighted by molar-refractivity contribution is 0.362. The highest BCUT2D eigenvalue weighted by atomic mass is 16.5. The molecule has 0 aromatic heterocycles. The molecule has 0 spiro atoms. The van der Waals surface area contributed by atoms with E-state index in [0.29, 0.717) is 12.5 Å². The van der Waals surface area contributed by atoms with E-state index >= 15 is 0 Å². The third-order valence-corrected chi connectivity index (χ3v) is 3.40. The van der Waals surface area contributed by atoms with E-state index in [4.69, 9.17) is 15.2 Å². The van der Waals surface area contributed by atoms with Crippen molar-refractivity contribution in [3.63, 3.8) is 0 Å². The van der Waals surface area contributed by atoms with Gasteiger partial charge in [0, 0.05) is 17.2 Å². The third-order valence-electron chi connectivity index (χ3n) is 3.40. The summed E-state index contributed by atoms with van der Waals surface area (Å²) in [6.45, 7) is 4.75. The lowest BCUT2D eigenvalue weighted by atomic mass is 9.92. The summed E-state index contributed by atoms with van der Waals surface area (Å²) in [5.74, 6) is 2.04. The highest BCUT2D eigenvalue weighted by molar-refractivity contribution is 5.50. The van der Waals surface area contributed by atoms with Crippen LogP contribution in [0, 0.1) is 12.8 Å². The standard InChI is InChI=1S/C14H24N2O2/c1-9(8-15)13(16-3)11-6-7-12(17-4)10(2)14(11)18-5/h6-7,9,13,16H,8,15H2,1-5H3. The van der Waals surface area contributed by atoms with Crippen molar-refractivity contribution in [3.05, 3.63) is 23.3 Å². The Hall–Kier alpha value is -1.26. The van der Waals surface area contributed by atoms with Gasteiger partial charge in [-0.2, -0.15) is 0 Å². The molecule has 4 heteroatoms. The van der Waals surface area contributed by atoms with Gasteiger partial charge in [-0.25, -0.2) is 0 Å². The molecule has 4 nitrogen and oxygen atoms in total. The Kier molecular flexibility index (Phi) is 5.44. The Morgan fingerprint density at radius 3 is 2.39 bits per heavy atom. The zero-order chi connectivity index (χ0) is 13.7. The van der Waals surface area contributed by atoms with E-state index in [0.717, 1.165) is 22.6 Å². The second kappa shape index (κ2) is 6.61. The number of benzene rings is 1. The first kappa shape index (κ1) is 14.8. The Balaban J connectivity index is 3.26. The molecular formula is C14H24N2O2. The average Bonchev–Trinajstić information content (AvgIpc) is 2.39. The predicted octanol–water partition coefficient (Wildman–Crippen LogP) is 1.87. The van der Waals surface area contributed by atoms with E-state index in [2.05, 4.69) is 12.2 Å². The fourth-order valence-corrected chi connectivity index (χ4v) is 2.31. The van der Waals surface area contributed by atoms with Crippen LogP contribution in [0.1, 0.15) is 24.1 Å². The van der Waals surface area contributed by atoms with Crippen molar-refractivity contribution >= 4 is 0 Å². The van der Waals surface area contributed by atoms with Gasteiger partial charge >= 0.3 is 0 Å². The maximum Gasteiger partial charge on any atom is 0.130 e. The molecule has 2 atom stereocenters. The molecule has 0 aliphatic rings. The summed E-state index contributed by atoms with van der Waals surface area (Å²) in [7, 11) is 5.29. The molecule has 18 heavy (non-hydrogen) atoms. The topological polar surface area (TPSA) is 56.5 Å². The minimum absolute atomic E-state index is 0.176. The van der Waals surface area contributed by atoms with Crippen LogP contribution in [0.15, 0.2) is 12.1 Å². The van der Waals surface area contributed by atoms with E-state index in [1.165, 1.54) is 0 Å². The van der Waals surface area contributed by atoms with Crippen molar-refractivity contribution < 1.29 is 9.47 Å². The molecular weight excluding hydrogens is 228 g/mol. The molecule has 1 rings (SSSR count). The van der Waals surface area contributed by atoms with Crippen molar-refractivity contribution in [3.8, 4) is 11.5 Å². The van der Waals surface area contributed by atoms with Crippen LogP contribution >= 0.6 is 0 Å². The van der Waals surface area contributed by atoms with E-state index in [1.807, 2.05) is 26.1 Å².